The highest BCUT2D eigenvalue weighted by molar-refractivity contribution is 5.95. The molecule has 5 nitrogen and oxygen atoms in total. The molecule has 2 heterocycles. The molecule has 0 spiro atoms. The molecule has 6 heteroatoms. The molecule has 0 radical (unpaired) electrons. The zero-order chi connectivity index (χ0) is 22.8. The Morgan fingerprint density at radius 2 is 1.18 bits per heavy atom. The van der Waals surface area contributed by atoms with Gasteiger partial charge in [-0.2, -0.15) is 0 Å². The maximum Gasteiger partial charge on any atom is 0.254 e. The SMILES string of the molecule is O=C(c1ccc(-c2ccccc2)cc1)N1CC(NC2CN(C(=O)c3ccccc3)CC2F)C1. The van der Waals surface area contributed by atoms with Crippen molar-refractivity contribution in [2.24, 2.45) is 0 Å². The summed E-state index contributed by atoms with van der Waals surface area (Å²) in [4.78, 5) is 28.7. The lowest BCUT2D eigenvalue weighted by Crippen LogP contribution is -2.63. The number of benzene rings is 3. The minimum Gasteiger partial charge on any atom is -0.335 e. The van der Waals surface area contributed by atoms with Gasteiger partial charge in [-0.1, -0.05) is 60.7 Å². The Morgan fingerprint density at radius 3 is 1.82 bits per heavy atom. The van der Waals surface area contributed by atoms with Gasteiger partial charge in [0.2, 0.25) is 0 Å². The van der Waals surface area contributed by atoms with Gasteiger partial charge in [-0.05, 0) is 35.4 Å². The van der Waals surface area contributed by atoms with Crippen LogP contribution in [-0.4, -0.2) is 66.0 Å². The molecule has 0 aliphatic carbocycles. The van der Waals surface area contributed by atoms with Gasteiger partial charge in [0.05, 0.1) is 12.6 Å². The third-order valence-corrected chi connectivity index (χ3v) is 6.41. The summed E-state index contributed by atoms with van der Waals surface area (Å²) >= 11 is 0. The molecule has 5 rings (SSSR count). The molecule has 2 aliphatic rings. The van der Waals surface area contributed by atoms with Crippen LogP contribution < -0.4 is 5.32 Å². The highest BCUT2D eigenvalue weighted by Gasteiger charge is 2.40. The first-order valence-corrected chi connectivity index (χ1v) is 11.3. The van der Waals surface area contributed by atoms with Crippen LogP contribution in [0.3, 0.4) is 0 Å². The fraction of sp³-hybridized carbons (Fsp3) is 0.259. The Kier molecular flexibility index (Phi) is 5.92. The van der Waals surface area contributed by atoms with Gasteiger partial charge in [0, 0.05) is 36.8 Å². The Hall–Kier alpha value is -3.51. The van der Waals surface area contributed by atoms with Crippen LogP contribution in [0.2, 0.25) is 0 Å². The minimum atomic E-state index is -1.12. The van der Waals surface area contributed by atoms with Crippen molar-refractivity contribution in [3.05, 3.63) is 96.1 Å². The summed E-state index contributed by atoms with van der Waals surface area (Å²) in [5.41, 5.74) is 3.41. The number of alkyl halides is 1. The van der Waals surface area contributed by atoms with E-state index in [9.17, 15) is 14.0 Å². The van der Waals surface area contributed by atoms with Crippen LogP contribution in [0.1, 0.15) is 20.7 Å². The quantitative estimate of drug-likeness (QED) is 0.655. The summed E-state index contributed by atoms with van der Waals surface area (Å²) in [6, 6.07) is 26.3. The molecule has 2 amide bonds. The van der Waals surface area contributed by atoms with Crippen molar-refractivity contribution < 1.29 is 14.0 Å². The topological polar surface area (TPSA) is 52.7 Å². The first-order chi connectivity index (χ1) is 16.1. The van der Waals surface area contributed by atoms with Gasteiger partial charge in [-0.15, -0.1) is 0 Å². The molecule has 0 saturated carbocycles. The second-order valence-corrected chi connectivity index (χ2v) is 8.72. The maximum atomic E-state index is 14.6. The van der Waals surface area contributed by atoms with E-state index in [1.807, 2.05) is 60.7 Å². The zero-order valence-corrected chi connectivity index (χ0v) is 18.2. The van der Waals surface area contributed by atoms with Crippen LogP contribution >= 0.6 is 0 Å². The summed E-state index contributed by atoms with van der Waals surface area (Å²) in [6.07, 6.45) is -1.12. The molecule has 1 N–H and O–H groups in total. The molecule has 2 unspecified atom stereocenters. The van der Waals surface area contributed by atoms with Crippen molar-refractivity contribution >= 4 is 11.8 Å². The van der Waals surface area contributed by atoms with Crippen LogP contribution in [0.25, 0.3) is 11.1 Å². The van der Waals surface area contributed by atoms with E-state index < -0.39 is 12.2 Å². The first-order valence-electron chi connectivity index (χ1n) is 11.3. The van der Waals surface area contributed by atoms with Crippen molar-refractivity contribution in [3.8, 4) is 11.1 Å². The molecule has 0 aromatic heterocycles. The van der Waals surface area contributed by atoms with Crippen molar-refractivity contribution in [2.45, 2.75) is 18.3 Å². The number of rotatable bonds is 5. The zero-order valence-electron chi connectivity index (χ0n) is 18.2. The number of hydrogen-bond acceptors (Lipinski definition) is 3. The van der Waals surface area contributed by atoms with Crippen LogP contribution in [0.15, 0.2) is 84.9 Å². The molecule has 2 fully saturated rings. The van der Waals surface area contributed by atoms with Crippen molar-refractivity contribution in [1.29, 1.82) is 0 Å². The van der Waals surface area contributed by atoms with E-state index in [2.05, 4.69) is 5.32 Å². The molecule has 2 atom stereocenters. The number of hydrogen-bond donors (Lipinski definition) is 1. The fourth-order valence-corrected chi connectivity index (χ4v) is 4.52. The lowest BCUT2D eigenvalue weighted by molar-refractivity contribution is 0.0542. The van der Waals surface area contributed by atoms with Gasteiger partial charge in [0.15, 0.2) is 0 Å². The lowest BCUT2D eigenvalue weighted by atomic mass is 10.0. The molecular formula is C27H26FN3O2. The van der Waals surface area contributed by atoms with Crippen molar-refractivity contribution in [3.63, 3.8) is 0 Å². The standard InChI is InChI=1S/C27H26FN3O2/c28-24-17-31(26(32)21-9-5-2-6-10-21)18-25(24)29-23-15-30(16-23)27(33)22-13-11-20(12-14-22)19-7-3-1-4-8-19/h1-14,23-25,29H,15-18H2. The second kappa shape index (κ2) is 9.16. The first kappa shape index (κ1) is 21.3. The van der Waals surface area contributed by atoms with E-state index in [-0.39, 0.29) is 24.4 Å². The van der Waals surface area contributed by atoms with Crippen LogP contribution in [-0.2, 0) is 0 Å². The predicted octanol–water partition coefficient (Wildman–Crippen LogP) is 3.63. The highest BCUT2D eigenvalue weighted by atomic mass is 19.1. The van der Waals surface area contributed by atoms with E-state index in [1.54, 1.807) is 34.1 Å². The van der Waals surface area contributed by atoms with E-state index in [4.69, 9.17) is 0 Å². The molecule has 0 bridgehead atoms. The Labute approximate surface area is 192 Å². The normalized spacial score (nSPS) is 20.5. The molecule has 2 aliphatic heterocycles. The highest BCUT2D eigenvalue weighted by Crippen LogP contribution is 2.22. The smallest absolute Gasteiger partial charge is 0.254 e. The number of carbonyl (C=O) groups is 2. The second-order valence-electron chi connectivity index (χ2n) is 8.72. The minimum absolute atomic E-state index is 0.0169. The fourth-order valence-electron chi connectivity index (χ4n) is 4.52. The summed E-state index contributed by atoms with van der Waals surface area (Å²) in [6.45, 7) is 1.50. The van der Waals surface area contributed by atoms with E-state index in [0.717, 1.165) is 11.1 Å². The summed E-state index contributed by atoms with van der Waals surface area (Å²) < 4.78 is 14.6. The van der Waals surface area contributed by atoms with Crippen LogP contribution in [0.4, 0.5) is 4.39 Å². The van der Waals surface area contributed by atoms with Gasteiger partial charge < -0.3 is 15.1 Å². The molecule has 2 saturated heterocycles. The molecule has 3 aromatic rings. The number of carbonyl (C=O) groups excluding carboxylic acids is 2. The molecule has 168 valence electrons. The van der Waals surface area contributed by atoms with Gasteiger partial charge in [0.1, 0.15) is 6.17 Å². The van der Waals surface area contributed by atoms with Crippen LogP contribution in [0, 0.1) is 0 Å². The predicted molar refractivity (Wildman–Crippen MR) is 126 cm³/mol. The lowest BCUT2D eigenvalue weighted by Gasteiger charge is -2.41. The average molecular weight is 444 g/mol. The number of amides is 2. The van der Waals surface area contributed by atoms with E-state index in [0.29, 0.717) is 30.8 Å². The third kappa shape index (κ3) is 4.52. The van der Waals surface area contributed by atoms with Gasteiger partial charge in [-0.3, -0.25) is 9.59 Å². The molecule has 33 heavy (non-hydrogen) atoms. The largest absolute Gasteiger partial charge is 0.335 e. The van der Waals surface area contributed by atoms with Gasteiger partial charge in [0.25, 0.3) is 11.8 Å². The number of likely N-dealkylation sites (tertiary alicyclic amines) is 2. The monoisotopic (exact) mass is 443 g/mol. The maximum absolute atomic E-state index is 14.6. The van der Waals surface area contributed by atoms with E-state index in [1.165, 1.54) is 0 Å². The summed E-state index contributed by atoms with van der Waals surface area (Å²) in [5, 5.41) is 3.31. The number of nitrogens with zero attached hydrogens (tertiary/aromatic N) is 2. The van der Waals surface area contributed by atoms with Gasteiger partial charge in [-0.25, -0.2) is 4.39 Å². The molecule has 3 aromatic carbocycles. The van der Waals surface area contributed by atoms with Gasteiger partial charge >= 0.3 is 0 Å². The third-order valence-electron chi connectivity index (χ3n) is 6.41. The Balaban J connectivity index is 1.13. The number of halogens is 1. The summed E-state index contributed by atoms with van der Waals surface area (Å²) in [7, 11) is 0. The van der Waals surface area contributed by atoms with E-state index >= 15 is 0 Å². The average Bonchev–Trinajstić information content (AvgIpc) is 3.21. The Bertz CT molecular complexity index is 1120. The van der Waals surface area contributed by atoms with Crippen molar-refractivity contribution in [2.75, 3.05) is 26.2 Å². The van der Waals surface area contributed by atoms with Crippen LogP contribution in [0.5, 0.6) is 0 Å². The Morgan fingerprint density at radius 1 is 0.667 bits per heavy atom. The van der Waals surface area contributed by atoms with Crippen molar-refractivity contribution in [1.82, 2.24) is 15.1 Å². The molecular weight excluding hydrogens is 417 g/mol. The summed E-state index contributed by atoms with van der Waals surface area (Å²) in [5.74, 6) is -0.163. The number of nitrogens with one attached hydrogen (secondary N) is 1.